The molecule has 2 aromatic heterocycles. The Bertz CT molecular complexity index is 2830. The predicted molar refractivity (Wildman–Crippen MR) is 301 cm³/mol. The number of benzene rings is 6. The Morgan fingerprint density at radius 1 is 0.486 bits per heavy atom. The number of ether oxygens (including phenoxy) is 3. The third-order valence-corrected chi connectivity index (χ3v) is 17.1. The van der Waals surface area contributed by atoms with Crippen molar-refractivity contribution < 1.29 is 24.3 Å². The Morgan fingerprint density at radius 2 is 0.986 bits per heavy atom. The zero-order valence-corrected chi connectivity index (χ0v) is 44.3. The van der Waals surface area contributed by atoms with Crippen molar-refractivity contribution in [1.82, 2.24) is 19.9 Å². The van der Waals surface area contributed by atoms with Crippen LogP contribution >= 0.6 is 23.9 Å². The highest BCUT2D eigenvalue weighted by Gasteiger charge is 2.34. The minimum absolute atomic E-state index is 0.122. The molecule has 8 aromatic rings. The van der Waals surface area contributed by atoms with Crippen molar-refractivity contribution in [1.29, 1.82) is 0 Å². The lowest BCUT2D eigenvalue weighted by Gasteiger charge is -2.39. The van der Waals surface area contributed by atoms with E-state index in [2.05, 4.69) is 110 Å². The minimum Gasteiger partial charge on any atom is -0.496 e. The largest absolute Gasteiger partial charge is 0.496 e. The Hall–Kier alpha value is -6.23. The van der Waals surface area contributed by atoms with E-state index < -0.39 is 7.12 Å². The van der Waals surface area contributed by atoms with E-state index in [0.29, 0.717) is 21.8 Å². The lowest BCUT2D eigenvalue weighted by atomic mass is 9.75. The molecule has 2 aliphatic rings. The zero-order chi connectivity index (χ0) is 50.5. The van der Waals surface area contributed by atoms with Crippen LogP contribution in [0.4, 0.5) is 0 Å². The maximum absolute atomic E-state index is 9.22. The predicted octanol–water partition coefficient (Wildman–Crippen LogP) is 13.5. The molecule has 2 aliphatic carbocycles. The van der Waals surface area contributed by atoms with Crippen LogP contribution < -0.4 is 25.0 Å². The molecule has 2 heterocycles. The molecular formula is C60H65BBrN4O5P. The van der Waals surface area contributed by atoms with Crippen LogP contribution in [0.15, 0.2) is 181 Å². The summed E-state index contributed by atoms with van der Waals surface area (Å²) in [4.78, 5) is 16.4. The average molecular weight is 1040 g/mol. The molecule has 0 spiro atoms. The first-order chi connectivity index (χ1) is 35.3. The summed E-state index contributed by atoms with van der Waals surface area (Å²) in [6.07, 6.45) is 20.9. The van der Waals surface area contributed by atoms with Gasteiger partial charge in [0.05, 0.1) is 51.8 Å². The molecule has 0 atom stereocenters. The van der Waals surface area contributed by atoms with Crippen molar-refractivity contribution in [3.8, 4) is 62.1 Å². The summed E-state index contributed by atoms with van der Waals surface area (Å²) >= 11 is 3.15. The molecule has 0 bridgehead atoms. The van der Waals surface area contributed by atoms with Crippen LogP contribution in [0, 0.1) is 6.92 Å². The molecule has 6 aromatic carbocycles. The summed E-state index contributed by atoms with van der Waals surface area (Å²) in [5, 5.41) is 20.1. The molecule has 0 saturated heterocycles. The van der Waals surface area contributed by atoms with E-state index >= 15 is 0 Å². The van der Waals surface area contributed by atoms with Crippen LogP contribution in [-0.2, 0) is 0 Å². The van der Waals surface area contributed by atoms with Gasteiger partial charge in [0, 0.05) is 11.1 Å². The topological polar surface area (TPSA) is 120 Å². The smallest absolute Gasteiger partial charge is 0.489 e. The van der Waals surface area contributed by atoms with Gasteiger partial charge in [-0.2, -0.15) is 0 Å². The Balaban J connectivity index is 0.000000151. The first kappa shape index (κ1) is 53.6. The van der Waals surface area contributed by atoms with Crippen molar-refractivity contribution in [3.05, 3.63) is 187 Å². The average Bonchev–Trinajstić information content (AvgIpc) is 3.45. The van der Waals surface area contributed by atoms with Crippen LogP contribution in [0.1, 0.15) is 69.8 Å². The van der Waals surface area contributed by atoms with Crippen LogP contribution in [0.3, 0.4) is 0 Å². The second kappa shape index (κ2) is 28.1. The fourth-order valence-electron chi connectivity index (χ4n) is 9.62. The lowest BCUT2D eigenvalue weighted by molar-refractivity contribution is 0.395. The van der Waals surface area contributed by atoms with Crippen molar-refractivity contribution in [2.75, 3.05) is 21.3 Å². The van der Waals surface area contributed by atoms with E-state index in [9.17, 15) is 10.0 Å². The van der Waals surface area contributed by atoms with E-state index in [1.165, 1.54) is 86.5 Å². The van der Waals surface area contributed by atoms with Crippen molar-refractivity contribution in [2.45, 2.75) is 82.4 Å². The third-order valence-electron chi connectivity index (χ3n) is 13.1. The van der Waals surface area contributed by atoms with E-state index in [-0.39, 0.29) is 7.92 Å². The molecule has 2 N–H and O–H groups in total. The van der Waals surface area contributed by atoms with Gasteiger partial charge >= 0.3 is 7.12 Å². The van der Waals surface area contributed by atoms with Gasteiger partial charge in [-0.3, -0.25) is 0 Å². The maximum Gasteiger partial charge on any atom is 0.489 e. The standard InChI is InChI=1S/C26H35OP.C17H14N2O.C12H11BO2.C5H5BrN2O/c1-20-12-11-18-24(27-2)26(20)23-17-9-10-19-25(23)28(21-13-5-3-6-14-21)22-15-7-4-8-16-22;1-20-17-12-18-16(11-19-17)15-10-6-5-9-14(15)13-7-3-2-4-8-13;14-13(15)12-9-5-4-8-11(12)10-6-2-1-3-7-10;1-9-5-3-7-4(6)2-8-5/h9-12,17-19,21-22H,3-8,13-16H2,1-2H3;2-12H,1H3;1-9,14-15H;2-3H,1H3. The van der Waals surface area contributed by atoms with Crippen molar-refractivity contribution in [2.24, 2.45) is 0 Å². The number of halogens is 1. The molecule has 9 nitrogen and oxygen atoms in total. The SMILES string of the molecule is COc1cccc(C)c1-c1ccccc1P(C1CCCCC1)C1CCCCC1.COc1cnc(-c2ccccc2-c2ccccc2)cn1.COc1cnc(Br)cn1.OB(O)c1ccccc1-c1ccccc1. The van der Waals surface area contributed by atoms with Crippen LogP contribution in [0.25, 0.3) is 44.6 Å². The highest BCUT2D eigenvalue weighted by Crippen LogP contribution is 2.56. The van der Waals surface area contributed by atoms with Crippen molar-refractivity contribution in [3.63, 3.8) is 0 Å². The molecule has 0 aliphatic heterocycles. The molecule has 72 heavy (non-hydrogen) atoms. The highest BCUT2D eigenvalue weighted by molar-refractivity contribution is 9.10. The molecule has 0 unspecified atom stereocenters. The molecular weight excluding hydrogens is 978 g/mol. The second-order valence-corrected chi connectivity index (χ2v) is 21.3. The molecule has 0 radical (unpaired) electrons. The van der Waals surface area contributed by atoms with Gasteiger partial charge in [0.1, 0.15) is 10.4 Å². The Morgan fingerprint density at radius 3 is 1.51 bits per heavy atom. The second-order valence-electron chi connectivity index (χ2n) is 17.7. The minimum atomic E-state index is -1.43. The zero-order valence-electron chi connectivity index (χ0n) is 41.8. The van der Waals surface area contributed by atoms with Gasteiger partial charge in [-0.1, -0.05) is 192 Å². The number of nitrogens with zero attached hydrogens (tertiary/aromatic N) is 4. The summed E-state index contributed by atoms with van der Waals surface area (Å²) in [7, 11) is 3.40. The monoisotopic (exact) mass is 1040 g/mol. The highest BCUT2D eigenvalue weighted by atomic mass is 79.9. The van der Waals surface area contributed by atoms with Gasteiger partial charge in [0.15, 0.2) is 0 Å². The summed E-state index contributed by atoms with van der Waals surface area (Å²) in [5.41, 5.74) is 12.5. The first-order valence-corrected chi connectivity index (χ1v) is 27.1. The Labute approximate surface area is 436 Å². The van der Waals surface area contributed by atoms with Gasteiger partial charge in [-0.25, -0.2) is 19.9 Å². The van der Waals surface area contributed by atoms with Gasteiger partial charge < -0.3 is 24.3 Å². The van der Waals surface area contributed by atoms with Gasteiger partial charge in [0.25, 0.3) is 0 Å². The van der Waals surface area contributed by atoms with E-state index in [1.54, 1.807) is 56.4 Å². The molecule has 370 valence electrons. The molecule has 10 rings (SSSR count). The lowest BCUT2D eigenvalue weighted by Crippen LogP contribution is -2.31. The third kappa shape index (κ3) is 14.7. The molecule has 2 saturated carbocycles. The Kier molecular flexibility index (Phi) is 20.9. The first-order valence-electron chi connectivity index (χ1n) is 24.8. The van der Waals surface area contributed by atoms with Crippen LogP contribution in [-0.4, -0.2) is 69.7 Å². The fourth-order valence-corrected chi connectivity index (χ4v) is 13.8. The summed E-state index contributed by atoms with van der Waals surface area (Å²) in [6.45, 7) is 2.23. The van der Waals surface area contributed by atoms with Crippen LogP contribution in [0.5, 0.6) is 17.5 Å². The maximum atomic E-state index is 9.22. The number of methoxy groups -OCH3 is 3. The quantitative estimate of drug-likeness (QED) is 0.0964. The summed E-state index contributed by atoms with van der Waals surface area (Å²) in [6, 6.07) is 51.2. The summed E-state index contributed by atoms with van der Waals surface area (Å²) < 4.78 is 16.3. The number of aryl methyl sites for hydroxylation is 1. The molecule has 12 heteroatoms. The number of hydrogen-bond acceptors (Lipinski definition) is 9. The van der Waals surface area contributed by atoms with Gasteiger partial charge in [0.2, 0.25) is 11.8 Å². The summed E-state index contributed by atoms with van der Waals surface area (Å²) in [5.74, 6) is 2.07. The van der Waals surface area contributed by atoms with E-state index in [4.69, 9.17) is 14.2 Å². The fraction of sp³-hybridized carbons (Fsp3) is 0.267. The van der Waals surface area contributed by atoms with Crippen molar-refractivity contribution >= 4 is 41.7 Å². The normalized spacial score (nSPS) is 13.5. The number of hydrogen-bond donors (Lipinski definition) is 2. The molecule has 0 amide bonds. The van der Waals surface area contributed by atoms with Gasteiger partial charge in [-0.05, 0) is 110 Å². The number of aromatic nitrogens is 4. The van der Waals surface area contributed by atoms with Gasteiger partial charge in [-0.15, -0.1) is 0 Å². The van der Waals surface area contributed by atoms with E-state index in [1.807, 2.05) is 79.9 Å². The number of rotatable bonds is 11. The van der Waals surface area contributed by atoms with Crippen LogP contribution in [0.2, 0.25) is 0 Å². The van der Waals surface area contributed by atoms with E-state index in [0.717, 1.165) is 45.0 Å². The molecule has 2 fully saturated rings.